The third kappa shape index (κ3) is 2.24. The second-order valence-corrected chi connectivity index (χ2v) is 6.87. The van der Waals surface area contributed by atoms with E-state index in [2.05, 4.69) is 20.5 Å². The smallest absolute Gasteiger partial charge is 0.322 e. The number of nitrogens with zero attached hydrogens (tertiary/aromatic N) is 3. The van der Waals surface area contributed by atoms with Crippen LogP contribution in [0.15, 0.2) is 11.4 Å². The molecule has 1 unspecified atom stereocenters. The number of aryl methyl sites for hydroxylation is 1. The van der Waals surface area contributed by atoms with Crippen molar-refractivity contribution >= 4 is 39.3 Å². The summed E-state index contributed by atoms with van der Waals surface area (Å²) in [6.45, 7) is 3.28. The van der Waals surface area contributed by atoms with Crippen LogP contribution < -0.4 is 15.5 Å². The molecule has 0 saturated carbocycles. The Labute approximate surface area is 137 Å². The highest BCUT2D eigenvalue weighted by Gasteiger charge is 2.49. The molecule has 2 aliphatic rings. The lowest BCUT2D eigenvalue weighted by atomic mass is 9.89. The van der Waals surface area contributed by atoms with Gasteiger partial charge in [0.1, 0.15) is 22.0 Å². The van der Waals surface area contributed by atoms with Gasteiger partial charge in [0.2, 0.25) is 0 Å². The van der Waals surface area contributed by atoms with E-state index in [1.807, 2.05) is 18.4 Å². The molecule has 2 aromatic heterocycles. The summed E-state index contributed by atoms with van der Waals surface area (Å²) < 4.78 is 0. The number of urea groups is 1. The fraction of sp³-hybridized carbons (Fsp3) is 0.467. The van der Waals surface area contributed by atoms with Crippen molar-refractivity contribution in [3.8, 4) is 0 Å². The topological polar surface area (TPSA) is 87.2 Å². The zero-order valence-corrected chi connectivity index (χ0v) is 13.6. The minimum absolute atomic E-state index is 0.237. The quantitative estimate of drug-likeness (QED) is 0.813. The second-order valence-electron chi connectivity index (χ2n) is 5.97. The Bertz CT molecular complexity index is 804. The van der Waals surface area contributed by atoms with Crippen LogP contribution in [-0.2, 0) is 11.2 Å². The Morgan fingerprint density at radius 1 is 1.39 bits per heavy atom. The van der Waals surface area contributed by atoms with E-state index < -0.39 is 11.6 Å². The normalized spacial score (nSPS) is 24.3. The van der Waals surface area contributed by atoms with E-state index >= 15 is 0 Å². The molecule has 8 heteroatoms. The predicted octanol–water partition coefficient (Wildman–Crippen LogP) is 1.43. The summed E-state index contributed by atoms with van der Waals surface area (Å²) in [5.74, 6) is 1.43. The molecule has 23 heavy (non-hydrogen) atoms. The first kappa shape index (κ1) is 14.4. The molecule has 1 atom stereocenters. The number of rotatable bonds is 2. The largest absolute Gasteiger partial charge is 0.353 e. The van der Waals surface area contributed by atoms with Crippen molar-refractivity contribution in [2.45, 2.75) is 31.7 Å². The van der Waals surface area contributed by atoms with Gasteiger partial charge in [-0.1, -0.05) is 6.92 Å². The average molecular weight is 331 g/mol. The number of hydrogen-bond acceptors (Lipinski definition) is 6. The third-order valence-electron chi connectivity index (χ3n) is 4.47. The number of anilines is 1. The molecule has 120 valence electrons. The number of carbonyl (C=O) groups excluding carboxylic acids is 2. The lowest BCUT2D eigenvalue weighted by Gasteiger charge is -2.38. The molecule has 7 nitrogen and oxygen atoms in total. The van der Waals surface area contributed by atoms with Crippen molar-refractivity contribution in [2.75, 3.05) is 18.0 Å². The van der Waals surface area contributed by atoms with Gasteiger partial charge in [-0.2, -0.15) is 0 Å². The van der Waals surface area contributed by atoms with Crippen molar-refractivity contribution in [3.63, 3.8) is 0 Å². The third-order valence-corrected chi connectivity index (χ3v) is 5.28. The van der Waals surface area contributed by atoms with E-state index in [4.69, 9.17) is 4.98 Å². The summed E-state index contributed by atoms with van der Waals surface area (Å²) in [4.78, 5) is 36.1. The van der Waals surface area contributed by atoms with Gasteiger partial charge >= 0.3 is 6.03 Å². The van der Waals surface area contributed by atoms with Gasteiger partial charge in [-0.05, 0) is 24.3 Å². The van der Waals surface area contributed by atoms with Crippen LogP contribution in [0.4, 0.5) is 10.6 Å². The van der Waals surface area contributed by atoms with Gasteiger partial charge in [0.05, 0.1) is 11.9 Å². The summed E-state index contributed by atoms with van der Waals surface area (Å²) in [5, 5.41) is 8.18. The summed E-state index contributed by atoms with van der Waals surface area (Å²) in [7, 11) is 0. The van der Waals surface area contributed by atoms with Crippen LogP contribution in [0.5, 0.6) is 0 Å². The standard InChI is InChI=1S/C15H17N5O2S/c1-2-10-16-11(9-4-7-23-12(9)17-10)20-6-3-5-15(8-20)13(21)18-14(22)19-15/h4,7H,2-3,5-6,8H2,1H3,(H2,18,19,21,22). The SMILES string of the molecule is CCc1nc(N2CCCC3(C2)NC(=O)NC3=O)c2ccsc2n1. The van der Waals surface area contributed by atoms with E-state index in [1.54, 1.807) is 11.3 Å². The molecule has 0 aliphatic carbocycles. The Hall–Kier alpha value is -2.22. The molecule has 2 aromatic rings. The highest BCUT2D eigenvalue weighted by atomic mass is 32.1. The number of fused-ring (bicyclic) bond motifs is 1. The Morgan fingerprint density at radius 2 is 2.26 bits per heavy atom. The lowest BCUT2D eigenvalue weighted by Crippen LogP contribution is -2.58. The first-order valence-corrected chi connectivity index (χ1v) is 8.62. The number of amides is 3. The predicted molar refractivity (Wildman–Crippen MR) is 87.6 cm³/mol. The maximum Gasteiger partial charge on any atom is 0.322 e. The fourth-order valence-electron chi connectivity index (χ4n) is 3.33. The molecule has 0 aromatic carbocycles. The molecule has 0 radical (unpaired) electrons. The molecule has 2 N–H and O–H groups in total. The highest BCUT2D eigenvalue weighted by Crippen LogP contribution is 2.33. The maximum absolute atomic E-state index is 12.2. The van der Waals surface area contributed by atoms with Crippen LogP contribution in [0.2, 0.25) is 0 Å². The van der Waals surface area contributed by atoms with Gasteiger partial charge in [0.25, 0.3) is 5.91 Å². The second kappa shape index (κ2) is 5.16. The first-order chi connectivity index (χ1) is 11.1. The van der Waals surface area contributed by atoms with Crippen molar-refractivity contribution in [1.82, 2.24) is 20.6 Å². The van der Waals surface area contributed by atoms with Crippen LogP contribution in [0.25, 0.3) is 10.2 Å². The van der Waals surface area contributed by atoms with Gasteiger partial charge < -0.3 is 10.2 Å². The van der Waals surface area contributed by atoms with E-state index in [0.29, 0.717) is 13.0 Å². The van der Waals surface area contributed by atoms with Gasteiger partial charge in [-0.3, -0.25) is 10.1 Å². The van der Waals surface area contributed by atoms with E-state index in [1.165, 1.54) is 0 Å². The van der Waals surface area contributed by atoms with Gasteiger partial charge in [-0.15, -0.1) is 11.3 Å². The monoisotopic (exact) mass is 331 g/mol. The summed E-state index contributed by atoms with van der Waals surface area (Å²) >= 11 is 1.59. The zero-order chi connectivity index (χ0) is 16.0. The molecule has 4 rings (SSSR count). The van der Waals surface area contributed by atoms with E-state index in [9.17, 15) is 9.59 Å². The minimum Gasteiger partial charge on any atom is -0.353 e. The number of hydrogen-bond donors (Lipinski definition) is 2. The molecular formula is C15H17N5O2S. The molecule has 0 bridgehead atoms. The molecule has 2 saturated heterocycles. The molecule has 1 spiro atoms. The summed E-state index contributed by atoms with van der Waals surface area (Å²) in [5.41, 5.74) is -0.838. The number of imide groups is 1. The van der Waals surface area contributed by atoms with E-state index in [0.717, 1.165) is 41.2 Å². The van der Waals surface area contributed by atoms with Crippen LogP contribution in [-0.4, -0.2) is 40.5 Å². The lowest BCUT2D eigenvalue weighted by molar-refractivity contribution is -0.124. The van der Waals surface area contributed by atoms with Crippen molar-refractivity contribution in [1.29, 1.82) is 0 Å². The van der Waals surface area contributed by atoms with Crippen molar-refractivity contribution < 1.29 is 9.59 Å². The van der Waals surface area contributed by atoms with Gasteiger partial charge in [0.15, 0.2) is 0 Å². The fourth-order valence-corrected chi connectivity index (χ4v) is 4.11. The number of thiophene rings is 1. The average Bonchev–Trinajstić information content (AvgIpc) is 3.11. The van der Waals surface area contributed by atoms with Gasteiger partial charge in [-0.25, -0.2) is 14.8 Å². The molecular weight excluding hydrogens is 314 g/mol. The maximum atomic E-state index is 12.2. The molecule has 2 fully saturated rings. The summed E-state index contributed by atoms with van der Waals surface area (Å²) in [6.07, 6.45) is 2.24. The number of aromatic nitrogens is 2. The number of carbonyl (C=O) groups is 2. The molecule has 2 aliphatic heterocycles. The summed E-state index contributed by atoms with van der Waals surface area (Å²) in [6, 6.07) is 1.61. The first-order valence-electron chi connectivity index (χ1n) is 7.74. The molecule has 4 heterocycles. The number of piperidine rings is 1. The van der Waals surface area contributed by atoms with Crippen LogP contribution >= 0.6 is 11.3 Å². The van der Waals surface area contributed by atoms with Crippen molar-refractivity contribution in [3.05, 3.63) is 17.3 Å². The van der Waals surface area contributed by atoms with E-state index in [-0.39, 0.29) is 5.91 Å². The minimum atomic E-state index is -0.838. The Kier molecular flexibility index (Phi) is 3.22. The zero-order valence-electron chi connectivity index (χ0n) is 12.8. The molecule has 3 amide bonds. The highest BCUT2D eigenvalue weighted by molar-refractivity contribution is 7.16. The number of nitrogens with one attached hydrogen (secondary N) is 2. The van der Waals surface area contributed by atoms with Gasteiger partial charge in [0, 0.05) is 13.0 Å². The van der Waals surface area contributed by atoms with Crippen LogP contribution in [0.1, 0.15) is 25.6 Å². The van der Waals surface area contributed by atoms with Crippen molar-refractivity contribution in [2.24, 2.45) is 0 Å². The Balaban J connectivity index is 1.74. The van der Waals surface area contributed by atoms with Crippen LogP contribution in [0.3, 0.4) is 0 Å². The van der Waals surface area contributed by atoms with Crippen LogP contribution in [0, 0.1) is 0 Å². The Morgan fingerprint density at radius 3 is 3.00 bits per heavy atom.